The molecular weight excluding hydrogens is 236 g/mol. The summed E-state index contributed by atoms with van der Waals surface area (Å²) in [5.41, 5.74) is 2.60. The van der Waals surface area contributed by atoms with E-state index in [9.17, 15) is 4.79 Å². The Morgan fingerprint density at radius 3 is 2.84 bits per heavy atom. The van der Waals surface area contributed by atoms with Crippen LogP contribution < -0.4 is 5.32 Å². The molecule has 1 aromatic carbocycles. The molecule has 0 saturated carbocycles. The molecule has 2 rings (SSSR count). The lowest BCUT2D eigenvalue weighted by atomic mass is 10.1. The first-order chi connectivity index (χ1) is 9.13. The monoisotopic (exact) mass is 260 g/mol. The zero-order chi connectivity index (χ0) is 13.8. The SMILES string of the molecule is CCC(C)n1cc(CCNC(C)=O)c2ccccc21.[HH]. The van der Waals surface area contributed by atoms with Gasteiger partial charge >= 0.3 is 0 Å². The lowest BCUT2D eigenvalue weighted by Gasteiger charge is -2.12. The minimum absolute atomic E-state index is 0. The summed E-state index contributed by atoms with van der Waals surface area (Å²) in [5.74, 6) is 0.0330. The van der Waals surface area contributed by atoms with Crippen molar-refractivity contribution in [2.75, 3.05) is 6.54 Å². The van der Waals surface area contributed by atoms with Crippen molar-refractivity contribution >= 4 is 16.8 Å². The molecule has 0 bridgehead atoms. The van der Waals surface area contributed by atoms with Gasteiger partial charge in [0.1, 0.15) is 0 Å². The van der Waals surface area contributed by atoms with E-state index in [4.69, 9.17) is 0 Å². The molecule has 0 aliphatic rings. The van der Waals surface area contributed by atoms with Gasteiger partial charge < -0.3 is 9.88 Å². The molecule has 1 amide bonds. The molecule has 2 aromatic rings. The molecule has 0 saturated heterocycles. The summed E-state index contributed by atoms with van der Waals surface area (Å²) < 4.78 is 2.35. The summed E-state index contributed by atoms with van der Waals surface area (Å²) in [5, 5.41) is 4.16. The van der Waals surface area contributed by atoms with Crippen LogP contribution in [0.3, 0.4) is 0 Å². The molecule has 3 heteroatoms. The second-order valence-corrected chi connectivity index (χ2v) is 5.07. The van der Waals surface area contributed by atoms with Gasteiger partial charge in [-0.25, -0.2) is 0 Å². The van der Waals surface area contributed by atoms with E-state index in [0.29, 0.717) is 12.6 Å². The van der Waals surface area contributed by atoms with E-state index in [1.165, 1.54) is 16.5 Å². The molecule has 3 nitrogen and oxygen atoms in total. The van der Waals surface area contributed by atoms with Crippen LogP contribution in [0.1, 0.15) is 40.2 Å². The first kappa shape index (κ1) is 13.7. The van der Waals surface area contributed by atoms with Crippen LogP contribution in [0.25, 0.3) is 10.9 Å². The molecular formula is C16H24N2O. The zero-order valence-corrected chi connectivity index (χ0v) is 11.9. The number of hydrogen-bond acceptors (Lipinski definition) is 1. The van der Waals surface area contributed by atoms with E-state index in [-0.39, 0.29) is 7.33 Å². The highest BCUT2D eigenvalue weighted by Gasteiger charge is 2.11. The molecule has 0 radical (unpaired) electrons. The Morgan fingerprint density at radius 1 is 1.42 bits per heavy atom. The fraction of sp³-hybridized carbons (Fsp3) is 0.438. The molecule has 104 valence electrons. The van der Waals surface area contributed by atoms with Crippen LogP contribution >= 0.6 is 0 Å². The molecule has 1 aromatic heterocycles. The van der Waals surface area contributed by atoms with E-state index in [1.807, 2.05) is 0 Å². The summed E-state index contributed by atoms with van der Waals surface area (Å²) in [4.78, 5) is 10.9. The molecule has 1 N–H and O–H groups in total. The maximum absolute atomic E-state index is 10.9. The van der Waals surface area contributed by atoms with Crippen molar-refractivity contribution < 1.29 is 6.22 Å². The third-order valence-electron chi connectivity index (χ3n) is 3.66. The van der Waals surface area contributed by atoms with Crippen molar-refractivity contribution in [3.05, 3.63) is 36.0 Å². The number of hydrogen-bond donors (Lipinski definition) is 1. The quantitative estimate of drug-likeness (QED) is 0.876. The topological polar surface area (TPSA) is 34.0 Å². The van der Waals surface area contributed by atoms with Crippen molar-refractivity contribution in [3.8, 4) is 0 Å². The first-order valence-electron chi connectivity index (χ1n) is 6.96. The number of fused-ring (bicyclic) bond motifs is 1. The van der Waals surface area contributed by atoms with Gasteiger partial charge in [0.25, 0.3) is 0 Å². The Bertz CT molecular complexity index is 577. The van der Waals surface area contributed by atoms with Gasteiger partial charge in [0.05, 0.1) is 0 Å². The average Bonchev–Trinajstić information content (AvgIpc) is 2.77. The number of carbonyl (C=O) groups is 1. The van der Waals surface area contributed by atoms with Gasteiger partial charge in [-0.2, -0.15) is 0 Å². The third-order valence-corrected chi connectivity index (χ3v) is 3.66. The van der Waals surface area contributed by atoms with Gasteiger partial charge in [-0.15, -0.1) is 0 Å². The number of amides is 1. The van der Waals surface area contributed by atoms with Crippen molar-refractivity contribution in [2.24, 2.45) is 0 Å². The minimum Gasteiger partial charge on any atom is -0.356 e. The van der Waals surface area contributed by atoms with Crippen molar-refractivity contribution in [3.63, 3.8) is 0 Å². The predicted molar refractivity (Wildman–Crippen MR) is 81.4 cm³/mol. The highest BCUT2D eigenvalue weighted by Crippen LogP contribution is 2.26. The number of nitrogens with zero attached hydrogens (tertiary/aromatic N) is 1. The van der Waals surface area contributed by atoms with Crippen LogP contribution in [0.4, 0.5) is 0 Å². The van der Waals surface area contributed by atoms with E-state index in [2.05, 4.69) is 54.2 Å². The molecule has 19 heavy (non-hydrogen) atoms. The van der Waals surface area contributed by atoms with Crippen LogP contribution in [-0.2, 0) is 11.2 Å². The second-order valence-electron chi connectivity index (χ2n) is 5.07. The molecule has 0 spiro atoms. The largest absolute Gasteiger partial charge is 0.356 e. The second kappa shape index (κ2) is 5.91. The normalized spacial score (nSPS) is 12.6. The predicted octanol–water partition coefficient (Wildman–Crippen LogP) is 3.54. The van der Waals surface area contributed by atoms with Gasteiger partial charge in [0.15, 0.2) is 0 Å². The highest BCUT2D eigenvalue weighted by molar-refractivity contribution is 5.84. The van der Waals surface area contributed by atoms with Crippen LogP contribution in [0, 0.1) is 0 Å². The molecule has 0 aliphatic carbocycles. The van der Waals surface area contributed by atoms with Gasteiger partial charge in [0, 0.05) is 38.0 Å². The summed E-state index contributed by atoms with van der Waals surface area (Å²) >= 11 is 0. The Balaban J connectivity index is 0.00000200. The van der Waals surface area contributed by atoms with Crippen molar-refractivity contribution in [2.45, 2.75) is 39.7 Å². The zero-order valence-electron chi connectivity index (χ0n) is 11.9. The minimum atomic E-state index is 0. The van der Waals surface area contributed by atoms with Gasteiger partial charge in [0.2, 0.25) is 5.91 Å². The number of aromatic nitrogens is 1. The van der Waals surface area contributed by atoms with E-state index < -0.39 is 0 Å². The highest BCUT2D eigenvalue weighted by atomic mass is 16.1. The fourth-order valence-electron chi connectivity index (χ4n) is 2.41. The number of rotatable bonds is 5. The van der Waals surface area contributed by atoms with Gasteiger partial charge in [-0.3, -0.25) is 4.79 Å². The number of carbonyl (C=O) groups excluding carboxylic acids is 1. The average molecular weight is 260 g/mol. The van der Waals surface area contributed by atoms with Crippen LogP contribution in [0.2, 0.25) is 0 Å². The molecule has 0 fully saturated rings. The molecule has 1 unspecified atom stereocenters. The number of nitrogens with one attached hydrogen (secondary N) is 1. The van der Waals surface area contributed by atoms with E-state index in [0.717, 1.165) is 12.8 Å². The maximum Gasteiger partial charge on any atom is 0.216 e. The van der Waals surface area contributed by atoms with Gasteiger partial charge in [-0.05, 0) is 31.4 Å². The summed E-state index contributed by atoms with van der Waals surface area (Å²) in [6.45, 7) is 6.70. The summed E-state index contributed by atoms with van der Waals surface area (Å²) in [7, 11) is 0. The van der Waals surface area contributed by atoms with Crippen molar-refractivity contribution in [1.29, 1.82) is 0 Å². The Labute approximate surface area is 116 Å². The molecule has 1 heterocycles. The van der Waals surface area contributed by atoms with Crippen LogP contribution in [0.15, 0.2) is 30.5 Å². The Morgan fingerprint density at radius 2 is 2.16 bits per heavy atom. The third kappa shape index (κ3) is 2.98. The van der Waals surface area contributed by atoms with Crippen LogP contribution in [0.5, 0.6) is 0 Å². The summed E-state index contributed by atoms with van der Waals surface area (Å²) in [6.07, 6.45) is 4.23. The van der Waals surface area contributed by atoms with Crippen LogP contribution in [-0.4, -0.2) is 17.0 Å². The number of benzene rings is 1. The van der Waals surface area contributed by atoms with Gasteiger partial charge in [-0.1, -0.05) is 25.1 Å². The standard InChI is InChI=1S/C16H22N2O.H2/c1-4-12(2)18-11-14(9-10-17-13(3)19)15-7-5-6-8-16(15)18;/h5-8,11-12H,4,9-10H2,1-3H3,(H,17,19);1H. The number of para-hydroxylation sites is 1. The van der Waals surface area contributed by atoms with E-state index in [1.54, 1.807) is 6.92 Å². The fourth-order valence-corrected chi connectivity index (χ4v) is 2.41. The Hall–Kier alpha value is -1.77. The molecule has 1 atom stereocenters. The lowest BCUT2D eigenvalue weighted by molar-refractivity contribution is -0.118. The lowest BCUT2D eigenvalue weighted by Crippen LogP contribution is -2.22. The van der Waals surface area contributed by atoms with E-state index >= 15 is 0 Å². The Kier molecular flexibility index (Phi) is 4.25. The first-order valence-corrected chi connectivity index (χ1v) is 6.96. The van der Waals surface area contributed by atoms with Crippen molar-refractivity contribution in [1.82, 2.24) is 9.88 Å². The smallest absolute Gasteiger partial charge is 0.216 e. The summed E-state index contributed by atoms with van der Waals surface area (Å²) in [6, 6.07) is 8.99. The molecule has 0 aliphatic heterocycles. The maximum atomic E-state index is 10.9.